The van der Waals surface area contributed by atoms with Crippen molar-refractivity contribution in [2.24, 2.45) is 0 Å². The van der Waals surface area contributed by atoms with E-state index in [9.17, 15) is 19.5 Å². The van der Waals surface area contributed by atoms with Crippen molar-refractivity contribution in [2.75, 3.05) is 6.61 Å². The van der Waals surface area contributed by atoms with E-state index in [0.29, 0.717) is 12.8 Å². The van der Waals surface area contributed by atoms with Gasteiger partial charge in [0.1, 0.15) is 12.6 Å². The smallest absolute Gasteiger partial charge is 0.407 e. The number of aliphatic carboxylic acids is 1. The highest BCUT2D eigenvalue weighted by Crippen LogP contribution is 2.44. The van der Waals surface area contributed by atoms with Gasteiger partial charge in [0.25, 0.3) is 0 Å². The Kier molecular flexibility index (Phi) is 7.87. The average Bonchev–Trinajstić information content (AvgIpc) is 3.08. The molecule has 1 aliphatic rings. The third kappa shape index (κ3) is 5.66. The third-order valence-electron chi connectivity index (χ3n) is 5.68. The van der Waals surface area contributed by atoms with Crippen molar-refractivity contribution in [3.63, 3.8) is 0 Å². The molecular formula is C25H30N2O5. The zero-order valence-electron chi connectivity index (χ0n) is 18.5. The Labute approximate surface area is 188 Å². The molecule has 0 heterocycles. The van der Waals surface area contributed by atoms with Crippen LogP contribution in [0.15, 0.2) is 48.5 Å². The predicted molar refractivity (Wildman–Crippen MR) is 121 cm³/mol. The quantitative estimate of drug-likeness (QED) is 0.519. The van der Waals surface area contributed by atoms with Gasteiger partial charge in [-0.2, -0.15) is 0 Å². The van der Waals surface area contributed by atoms with Gasteiger partial charge in [0.15, 0.2) is 0 Å². The molecule has 0 radical (unpaired) electrons. The molecule has 0 saturated carbocycles. The Hall–Kier alpha value is -3.35. The number of nitrogens with one attached hydrogen (secondary N) is 2. The fourth-order valence-electron chi connectivity index (χ4n) is 4.09. The number of rotatable bonds is 10. The minimum atomic E-state index is -1.05. The number of ether oxygens (including phenoxy) is 1. The van der Waals surface area contributed by atoms with Crippen molar-refractivity contribution in [2.45, 2.75) is 57.5 Å². The first-order valence-corrected chi connectivity index (χ1v) is 11.0. The summed E-state index contributed by atoms with van der Waals surface area (Å²) < 4.78 is 5.49. The van der Waals surface area contributed by atoms with Crippen LogP contribution in [0.5, 0.6) is 0 Å². The molecule has 2 atom stereocenters. The molecule has 2 amide bonds. The van der Waals surface area contributed by atoms with Crippen LogP contribution in [0.1, 0.15) is 56.6 Å². The lowest BCUT2D eigenvalue weighted by molar-refractivity contribution is -0.142. The molecule has 0 bridgehead atoms. The highest BCUT2D eigenvalue weighted by molar-refractivity contribution is 5.84. The molecule has 3 rings (SSSR count). The molecule has 0 fully saturated rings. The second kappa shape index (κ2) is 10.8. The van der Waals surface area contributed by atoms with Gasteiger partial charge < -0.3 is 20.5 Å². The van der Waals surface area contributed by atoms with E-state index in [2.05, 4.69) is 22.8 Å². The number of carbonyl (C=O) groups is 3. The standard InChI is InChI=1S/C25H30N2O5/c1-3-4-13-22(24(29)30)27-23(28)14-16(2)26-25(31)32-15-21-19-11-7-5-9-17(19)18-10-6-8-12-20(18)21/h5-12,16,21-22H,3-4,13-15H2,1-2H3,(H,26,31)(H,27,28)(H,29,30). The molecule has 32 heavy (non-hydrogen) atoms. The highest BCUT2D eigenvalue weighted by atomic mass is 16.5. The van der Waals surface area contributed by atoms with Gasteiger partial charge in [-0.1, -0.05) is 68.3 Å². The molecule has 2 aromatic carbocycles. The molecule has 7 heteroatoms. The molecule has 7 nitrogen and oxygen atoms in total. The molecule has 170 valence electrons. The number of fused-ring (bicyclic) bond motifs is 3. The van der Waals surface area contributed by atoms with Gasteiger partial charge in [-0.05, 0) is 35.6 Å². The van der Waals surface area contributed by atoms with Crippen LogP contribution in [0, 0.1) is 0 Å². The summed E-state index contributed by atoms with van der Waals surface area (Å²) >= 11 is 0. The lowest BCUT2D eigenvalue weighted by Gasteiger charge is -2.18. The van der Waals surface area contributed by atoms with Gasteiger partial charge in [-0.25, -0.2) is 9.59 Å². The molecular weight excluding hydrogens is 408 g/mol. The maximum absolute atomic E-state index is 12.3. The fourth-order valence-corrected chi connectivity index (χ4v) is 4.09. The number of alkyl carbamates (subject to hydrolysis) is 1. The second-order valence-electron chi connectivity index (χ2n) is 8.18. The SMILES string of the molecule is CCCCC(NC(=O)CC(C)NC(=O)OCC1c2ccccc2-c2ccccc21)C(=O)O. The summed E-state index contributed by atoms with van der Waals surface area (Å²) in [7, 11) is 0. The summed E-state index contributed by atoms with van der Waals surface area (Å²) in [5.41, 5.74) is 4.55. The summed E-state index contributed by atoms with van der Waals surface area (Å²) in [4.78, 5) is 35.8. The van der Waals surface area contributed by atoms with E-state index in [0.717, 1.165) is 28.7 Å². The largest absolute Gasteiger partial charge is 0.480 e. The molecule has 0 aromatic heterocycles. The molecule has 2 unspecified atom stereocenters. The van der Waals surface area contributed by atoms with E-state index in [-0.39, 0.29) is 18.9 Å². The number of carboxylic acid groups (broad SMARTS) is 1. The fraction of sp³-hybridized carbons (Fsp3) is 0.400. The first-order chi connectivity index (χ1) is 15.4. The van der Waals surface area contributed by atoms with Crippen LogP contribution >= 0.6 is 0 Å². The Bertz CT molecular complexity index is 929. The van der Waals surface area contributed by atoms with Crippen LogP contribution in [0.3, 0.4) is 0 Å². The normalized spacial score (nSPS) is 14.1. The van der Waals surface area contributed by atoms with E-state index < -0.39 is 30.1 Å². The first kappa shape index (κ1) is 23.3. The maximum atomic E-state index is 12.3. The number of benzene rings is 2. The van der Waals surface area contributed by atoms with Gasteiger partial charge in [0, 0.05) is 18.4 Å². The minimum Gasteiger partial charge on any atom is -0.480 e. The van der Waals surface area contributed by atoms with Crippen molar-refractivity contribution in [1.82, 2.24) is 10.6 Å². The van der Waals surface area contributed by atoms with E-state index >= 15 is 0 Å². The van der Waals surface area contributed by atoms with E-state index in [1.54, 1.807) is 6.92 Å². The predicted octanol–water partition coefficient (Wildman–Crippen LogP) is 4.06. The molecule has 2 aromatic rings. The van der Waals surface area contributed by atoms with Gasteiger partial charge in [-0.15, -0.1) is 0 Å². The van der Waals surface area contributed by atoms with Gasteiger partial charge in [0.05, 0.1) is 0 Å². The minimum absolute atomic E-state index is 0.0277. The van der Waals surface area contributed by atoms with Crippen LogP contribution in [0.25, 0.3) is 11.1 Å². The van der Waals surface area contributed by atoms with Crippen LogP contribution in [-0.2, 0) is 14.3 Å². The summed E-state index contributed by atoms with van der Waals surface area (Å²) in [5.74, 6) is -1.51. The Balaban J connectivity index is 1.51. The topological polar surface area (TPSA) is 105 Å². The average molecular weight is 439 g/mol. The van der Waals surface area contributed by atoms with Crippen LogP contribution in [0.2, 0.25) is 0 Å². The maximum Gasteiger partial charge on any atom is 0.407 e. The van der Waals surface area contributed by atoms with Gasteiger partial charge in [0.2, 0.25) is 5.91 Å². The highest BCUT2D eigenvalue weighted by Gasteiger charge is 2.29. The van der Waals surface area contributed by atoms with Gasteiger partial charge >= 0.3 is 12.1 Å². The van der Waals surface area contributed by atoms with Crippen LogP contribution in [0.4, 0.5) is 4.79 Å². The van der Waals surface area contributed by atoms with Gasteiger partial charge in [-0.3, -0.25) is 4.79 Å². The third-order valence-corrected chi connectivity index (χ3v) is 5.68. The summed E-state index contributed by atoms with van der Waals surface area (Å²) in [6.07, 6.45) is 1.31. The molecule has 0 spiro atoms. The number of carbonyl (C=O) groups excluding carboxylic acids is 2. The molecule has 3 N–H and O–H groups in total. The number of hydrogen-bond donors (Lipinski definition) is 3. The lowest BCUT2D eigenvalue weighted by atomic mass is 9.98. The summed E-state index contributed by atoms with van der Waals surface area (Å²) in [6, 6.07) is 14.8. The van der Waals surface area contributed by atoms with E-state index in [4.69, 9.17) is 4.74 Å². The molecule has 0 aliphatic heterocycles. The first-order valence-electron chi connectivity index (χ1n) is 11.0. The van der Waals surface area contributed by atoms with E-state index in [1.165, 1.54) is 0 Å². The monoisotopic (exact) mass is 438 g/mol. The number of hydrogen-bond acceptors (Lipinski definition) is 4. The number of unbranched alkanes of at least 4 members (excludes halogenated alkanes) is 1. The van der Waals surface area contributed by atoms with Crippen LogP contribution < -0.4 is 10.6 Å². The van der Waals surface area contributed by atoms with E-state index in [1.807, 2.05) is 43.3 Å². The summed E-state index contributed by atoms with van der Waals surface area (Å²) in [6.45, 7) is 3.83. The van der Waals surface area contributed by atoms with Crippen molar-refractivity contribution >= 4 is 18.0 Å². The molecule has 0 saturated heterocycles. The van der Waals surface area contributed by atoms with Crippen LogP contribution in [-0.4, -0.2) is 41.8 Å². The summed E-state index contributed by atoms with van der Waals surface area (Å²) in [5, 5.41) is 14.4. The van der Waals surface area contributed by atoms with Crippen molar-refractivity contribution in [1.29, 1.82) is 0 Å². The Morgan fingerprint density at radius 2 is 1.59 bits per heavy atom. The number of amides is 2. The van der Waals surface area contributed by atoms with Crippen molar-refractivity contribution in [3.05, 3.63) is 59.7 Å². The van der Waals surface area contributed by atoms with Crippen molar-refractivity contribution < 1.29 is 24.2 Å². The Morgan fingerprint density at radius 1 is 1.00 bits per heavy atom. The number of carboxylic acids is 1. The zero-order valence-corrected chi connectivity index (χ0v) is 18.5. The molecule has 1 aliphatic carbocycles. The van der Waals surface area contributed by atoms with Crippen molar-refractivity contribution in [3.8, 4) is 11.1 Å². The zero-order chi connectivity index (χ0) is 23.1. The lowest BCUT2D eigenvalue weighted by Crippen LogP contribution is -2.44. The second-order valence-corrected chi connectivity index (χ2v) is 8.18. The Morgan fingerprint density at radius 3 is 2.16 bits per heavy atom.